The van der Waals surface area contributed by atoms with Gasteiger partial charge in [-0.05, 0) is 48.5 Å². The highest BCUT2D eigenvalue weighted by Crippen LogP contribution is 2.27. The van der Waals surface area contributed by atoms with Crippen LogP contribution in [-0.2, 0) is 7.05 Å². The van der Waals surface area contributed by atoms with E-state index in [2.05, 4.69) is 59.0 Å². The summed E-state index contributed by atoms with van der Waals surface area (Å²) in [5, 5.41) is 15.1. The van der Waals surface area contributed by atoms with Gasteiger partial charge in [-0.2, -0.15) is 0 Å². The molecule has 1 atom stereocenters. The zero-order valence-corrected chi connectivity index (χ0v) is 13.1. The number of aryl methyl sites for hydroxylation is 2. The van der Waals surface area contributed by atoms with Crippen molar-refractivity contribution in [1.82, 2.24) is 20.2 Å². The highest BCUT2D eigenvalue weighted by atomic mass is 32.1. The molecule has 108 valence electrons. The third-order valence-electron chi connectivity index (χ3n) is 3.31. The molecular weight excluding hydrogens is 282 g/mol. The number of aromatic nitrogens is 4. The molecule has 3 rings (SSSR count). The molecule has 5 nitrogen and oxygen atoms in total. The standard InChI is InChI=1S/C15H17N5S/c1-10-7-8-14(21-10)11(2)16-13-6-4-5-12(9-13)15-17-18-19-20(15)3/h4-9,11,16H,1-3H3. The molecule has 0 aliphatic heterocycles. The summed E-state index contributed by atoms with van der Waals surface area (Å²) in [7, 11) is 1.84. The van der Waals surface area contributed by atoms with Gasteiger partial charge in [-0.3, -0.25) is 0 Å². The quantitative estimate of drug-likeness (QED) is 0.802. The molecule has 2 aromatic heterocycles. The molecule has 2 heterocycles. The van der Waals surface area contributed by atoms with Crippen LogP contribution in [0.15, 0.2) is 36.4 Å². The second kappa shape index (κ2) is 5.65. The van der Waals surface area contributed by atoms with Gasteiger partial charge in [0.05, 0.1) is 6.04 Å². The van der Waals surface area contributed by atoms with Crippen molar-refractivity contribution in [2.45, 2.75) is 19.9 Å². The highest BCUT2D eigenvalue weighted by Gasteiger charge is 2.10. The number of hydrogen-bond acceptors (Lipinski definition) is 5. The monoisotopic (exact) mass is 299 g/mol. The average molecular weight is 299 g/mol. The Bertz CT molecular complexity index is 746. The number of anilines is 1. The summed E-state index contributed by atoms with van der Waals surface area (Å²) >= 11 is 1.82. The van der Waals surface area contributed by atoms with Gasteiger partial charge in [-0.25, -0.2) is 4.68 Å². The molecule has 0 saturated heterocycles. The maximum Gasteiger partial charge on any atom is 0.181 e. The van der Waals surface area contributed by atoms with E-state index in [1.54, 1.807) is 4.68 Å². The fourth-order valence-electron chi connectivity index (χ4n) is 2.23. The first-order chi connectivity index (χ1) is 10.1. The molecule has 21 heavy (non-hydrogen) atoms. The fraction of sp³-hybridized carbons (Fsp3) is 0.267. The van der Waals surface area contributed by atoms with Gasteiger partial charge >= 0.3 is 0 Å². The van der Waals surface area contributed by atoms with Crippen LogP contribution in [0.5, 0.6) is 0 Å². The number of nitrogens with zero attached hydrogens (tertiary/aromatic N) is 4. The maximum atomic E-state index is 4.04. The Labute approximate surface area is 127 Å². The molecule has 0 aliphatic rings. The third kappa shape index (κ3) is 2.95. The lowest BCUT2D eigenvalue weighted by Gasteiger charge is -2.14. The number of thiophene rings is 1. The lowest BCUT2D eigenvalue weighted by molar-refractivity contribution is 0.714. The fourth-order valence-corrected chi connectivity index (χ4v) is 3.11. The molecule has 0 fully saturated rings. The van der Waals surface area contributed by atoms with Gasteiger partial charge < -0.3 is 5.32 Å². The topological polar surface area (TPSA) is 55.6 Å². The zero-order chi connectivity index (χ0) is 14.8. The smallest absolute Gasteiger partial charge is 0.181 e. The molecule has 0 radical (unpaired) electrons. The van der Waals surface area contributed by atoms with Crippen molar-refractivity contribution in [2.75, 3.05) is 5.32 Å². The van der Waals surface area contributed by atoms with Crippen LogP contribution in [0.3, 0.4) is 0 Å². The van der Waals surface area contributed by atoms with Gasteiger partial charge in [0.25, 0.3) is 0 Å². The van der Waals surface area contributed by atoms with E-state index in [0.29, 0.717) is 0 Å². The Hall–Kier alpha value is -2.21. The Kier molecular flexibility index (Phi) is 3.70. The largest absolute Gasteiger partial charge is 0.378 e. The second-order valence-electron chi connectivity index (χ2n) is 5.02. The Morgan fingerprint density at radius 1 is 1.24 bits per heavy atom. The van der Waals surface area contributed by atoms with E-state index in [0.717, 1.165) is 17.1 Å². The molecule has 3 aromatic rings. The zero-order valence-electron chi connectivity index (χ0n) is 12.2. The number of hydrogen-bond donors (Lipinski definition) is 1. The van der Waals surface area contributed by atoms with E-state index in [1.807, 2.05) is 30.5 Å². The summed E-state index contributed by atoms with van der Waals surface area (Å²) in [6.07, 6.45) is 0. The lowest BCUT2D eigenvalue weighted by Crippen LogP contribution is -2.05. The molecule has 0 aliphatic carbocycles. The molecule has 6 heteroatoms. The van der Waals surface area contributed by atoms with Crippen LogP contribution in [-0.4, -0.2) is 20.2 Å². The van der Waals surface area contributed by atoms with Crippen molar-refractivity contribution in [2.24, 2.45) is 7.05 Å². The highest BCUT2D eigenvalue weighted by molar-refractivity contribution is 7.12. The van der Waals surface area contributed by atoms with E-state index in [1.165, 1.54) is 9.75 Å². The minimum atomic E-state index is 0.275. The summed E-state index contributed by atoms with van der Waals surface area (Å²) in [5.74, 6) is 0.762. The normalized spacial score (nSPS) is 12.3. The molecule has 0 saturated carbocycles. The summed E-state index contributed by atoms with van der Waals surface area (Å²) in [4.78, 5) is 2.66. The molecule has 0 amide bonds. The van der Waals surface area contributed by atoms with Crippen LogP contribution in [0.25, 0.3) is 11.4 Å². The van der Waals surface area contributed by atoms with Crippen LogP contribution in [0, 0.1) is 6.92 Å². The van der Waals surface area contributed by atoms with Gasteiger partial charge in [0.1, 0.15) is 0 Å². The van der Waals surface area contributed by atoms with Crippen molar-refractivity contribution >= 4 is 17.0 Å². The number of nitrogens with one attached hydrogen (secondary N) is 1. The Balaban J connectivity index is 1.82. The van der Waals surface area contributed by atoms with Crippen LogP contribution in [0.1, 0.15) is 22.7 Å². The van der Waals surface area contributed by atoms with E-state index < -0.39 is 0 Å². The number of rotatable bonds is 4. The molecule has 0 spiro atoms. The van der Waals surface area contributed by atoms with Crippen molar-refractivity contribution in [3.8, 4) is 11.4 Å². The van der Waals surface area contributed by atoms with E-state index in [4.69, 9.17) is 0 Å². The Morgan fingerprint density at radius 3 is 2.76 bits per heavy atom. The van der Waals surface area contributed by atoms with E-state index >= 15 is 0 Å². The molecule has 0 bridgehead atoms. The molecular formula is C15H17N5S. The van der Waals surface area contributed by atoms with Crippen LogP contribution < -0.4 is 5.32 Å². The summed E-state index contributed by atoms with van der Waals surface area (Å²) < 4.78 is 1.67. The van der Waals surface area contributed by atoms with Crippen LogP contribution in [0.4, 0.5) is 5.69 Å². The van der Waals surface area contributed by atoms with Gasteiger partial charge in [-0.1, -0.05) is 12.1 Å². The van der Waals surface area contributed by atoms with Gasteiger partial charge in [0, 0.05) is 28.1 Å². The van der Waals surface area contributed by atoms with Crippen LogP contribution in [0.2, 0.25) is 0 Å². The number of tetrazole rings is 1. The van der Waals surface area contributed by atoms with Crippen LogP contribution >= 0.6 is 11.3 Å². The predicted molar refractivity (Wildman–Crippen MR) is 85.3 cm³/mol. The predicted octanol–water partition coefficient (Wildman–Crippen LogP) is 3.42. The average Bonchev–Trinajstić information content (AvgIpc) is 3.08. The first kappa shape index (κ1) is 13.8. The third-order valence-corrected chi connectivity index (χ3v) is 4.50. The van der Waals surface area contributed by atoms with Crippen molar-refractivity contribution < 1.29 is 0 Å². The van der Waals surface area contributed by atoms with Gasteiger partial charge in [0.15, 0.2) is 5.82 Å². The number of benzene rings is 1. The molecule has 1 unspecified atom stereocenters. The first-order valence-corrected chi connectivity index (χ1v) is 7.61. The minimum absolute atomic E-state index is 0.275. The molecule has 1 aromatic carbocycles. The van der Waals surface area contributed by atoms with E-state index in [-0.39, 0.29) is 6.04 Å². The Morgan fingerprint density at radius 2 is 2.10 bits per heavy atom. The van der Waals surface area contributed by atoms with E-state index in [9.17, 15) is 0 Å². The van der Waals surface area contributed by atoms with Crippen molar-refractivity contribution in [3.63, 3.8) is 0 Å². The lowest BCUT2D eigenvalue weighted by atomic mass is 10.1. The second-order valence-corrected chi connectivity index (χ2v) is 6.34. The first-order valence-electron chi connectivity index (χ1n) is 6.79. The van der Waals surface area contributed by atoms with Crippen molar-refractivity contribution in [1.29, 1.82) is 0 Å². The SMILES string of the molecule is Cc1ccc(C(C)Nc2cccc(-c3nnnn3C)c2)s1. The van der Waals surface area contributed by atoms with Crippen molar-refractivity contribution in [3.05, 3.63) is 46.2 Å². The minimum Gasteiger partial charge on any atom is -0.378 e. The molecule has 1 N–H and O–H groups in total. The van der Waals surface area contributed by atoms with Gasteiger partial charge in [0.2, 0.25) is 0 Å². The van der Waals surface area contributed by atoms with Gasteiger partial charge in [-0.15, -0.1) is 16.4 Å². The summed E-state index contributed by atoms with van der Waals surface area (Å²) in [5.41, 5.74) is 2.07. The summed E-state index contributed by atoms with van der Waals surface area (Å²) in [6, 6.07) is 12.8. The summed E-state index contributed by atoms with van der Waals surface area (Å²) in [6.45, 7) is 4.30. The maximum absolute atomic E-state index is 4.04.